The summed E-state index contributed by atoms with van der Waals surface area (Å²) in [7, 11) is -2.41. The van der Waals surface area contributed by atoms with E-state index in [0.29, 0.717) is 41.5 Å². The van der Waals surface area contributed by atoms with Gasteiger partial charge in [-0.15, -0.1) is 0 Å². The zero-order chi connectivity index (χ0) is 25.3. The van der Waals surface area contributed by atoms with Gasteiger partial charge >= 0.3 is 0 Å². The van der Waals surface area contributed by atoms with Gasteiger partial charge in [-0.3, -0.25) is 19.0 Å². The smallest absolute Gasteiger partial charge is 0.296 e. The van der Waals surface area contributed by atoms with E-state index in [2.05, 4.69) is 11.6 Å². The fraction of sp³-hybridized carbons (Fsp3) is 0.385. The first-order chi connectivity index (χ1) is 16.6. The lowest BCUT2D eigenvalue weighted by atomic mass is 10.0. The number of sulfonamides is 1. The second kappa shape index (κ2) is 9.73. The third-order valence-electron chi connectivity index (χ3n) is 6.84. The number of nitrogens with zero attached hydrogens (tertiary/aromatic N) is 3. The molecule has 1 fully saturated rings. The molecule has 0 saturated carbocycles. The van der Waals surface area contributed by atoms with Crippen molar-refractivity contribution in [3.63, 3.8) is 0 Å². The summed E-state index contributed by atoms with van der Waals surface area (Å²) in [6.07, 6.45) is 2.95. The van der Waals surface area contributed by atoms with Crippen LogP contribution >= 0.6 is 0 Å². The molecule has 0 aliphatic carbocycles. The zero-order valence-corrected chi connectivity index (χ0v) is 21.4. The van der Waals surface area contributed by atoms with Crippen LogP contribution in [0.2, 0.25) is 0 Å². The number of para-hydroxylation sites is 1. The highest BCUT2D eigenvalue weighted by Crippen LogP contribution is 2.24. The largest absolute Gasteiger partial charge is 0.339 e. The Hall–Kier alpha value is -3.33. The van der Waals surface area contributed by atoms with Gasteiger partial charge in [-0.05, 0) is 68.9 Å². The monoisotopic (exact) mass is 496 g/mol. The Morgan fingerprint density at radius 3 is 2.46 bits per heavy atom. The predicted molar refractivity (Wildman–Crippen MR) is 137 cm³/mol. The van der Waals surface area contributed by atoms with Crippen molar-refractivity contribution in [1.82, 2.24) is 14.3 Å². The lowest BCUT2D eigenvalue weighted by Crippen LogP contribution is -2.32. The number of carbonyl (C=O) groups is 1. The van der Waals surface area contributed by atoms with Crippen LogP contribution in [0.15, 0.2) is 58.2 Å². The molecule has 35 heavy (non-hydrogen) atoms. The first-order valence-corrected chi connectivity index (χ1v) is 13.3. The summed E-state index contributed by atoms with van der Waals surface area (Å²) in [5.74, 6) is 0.412. The number of hydrogen-bond acceptors (Lipinski definition) is 4. The van der Waals surface area contributed by atoms with Gasteiger partial charge in [0, 0.05) is 25.7 Å². The second-order valence-corrected chi connectivity index (χ2v) is 11.0. The summed E-state index contributed by atoms with van der Waals surface area (Å²) in [6, 6.07) is 13.5. The fourth-order valence-electron chi connectivity index (χ4n) is 4.51. The molecule has 1 aromatic heterocycles. The quantitative estimate of drug-likeness (QED) is 0.581. The van der Waals surface area contributed by atoms with Crippen LogP contribution < -0.4 is 10.3 Å². The van der Waals surface area contributed by atoms with Crippen LogP contribution in [-0.2, 0) is 17.1 Å². The molecule has 1 amide bonds. The van der Waals surface area contributed by atoms with Gasteiger partial charge in [-0.25, -0.2) is 13.1 Å². The predicted octanol–water partition coefficient (Wildman–Crippen LogP) is 3.86. The fourth-order valence-corrected chi connectivity index (χ4v) is 5.66. The minimum Gasteiger partial charge on any atom is -0.339 e. The Morgan fingerprint density at radius 2 is 1.74 bits per heavy atom. The van der Waals surface area contributed by atoms with E-state index in [-0.39, 0.29) is 16.5 Å². The van der Waals surface area contributed by atoms with Gasteiger partial charge in [0.25, 0.3) is 21.5 Å². The molecule has 186 valence electrons. The van der Waals surface area contributed by atoms with Gasteiger partial charge in [0.1, 0.15) is 5.69 Å². The number of carbonyl (C=O) groups excluding carboxylic acids is 1. The van der Waals surface area contributed by atoms with Crippen molar-refractivity contribution in [3.8, 4) is 5.69 Å². The molecule has 1 N–H and O–H groups in total. The lowest BCUT2D eigenvalue weighted by Gasteiger charge is -2.22. The molecule has 1 aliphatic heterocycles. The molecule has 1 atom stereocenters. The van der Waals surface area contributed by atoms with Gasteiger partial charge in [-0.2, -0.15) is 0 Å². The SMILES string of the molecule is Cc1ccc(S(=O)(=O)Nc2c(C)n(C)n(-c3ccccc3)c2=O)cc1C(=O)N1CCCC(C)CC1. The molecule has 3 aromatic rings. The molecule has 0 spiro atoms. The first kappa shape index (κ1) is 24.8. The van der Waals surface area contributed by atoms with E-state index in [1.807, 2.05) is 23.1 Å². The number of nitrogens with one attached hydrogen (secondary N) is 1. The molecule has 0 bridgehead atoms. The van der Waals surface area contributed by atoms with Crippen molar-refractivity contribution < 1.29 is 13.2 Å². The number of anilines is 1. The zero-order valence-electron chi connectivity index (χ0n) is 20.6. The normalized spacial score (nSPS) is 16.7. The maximum atomic E-state index is 13.3. The molecule has 9 heteroatoms. The van der Waals surface area contributed by atoms with Crippen LogP contribution in [0.4, 0.5) is 5.69 Å². The Balaban J connectivity index is 1.67. The van der Waals surface area contributed by atoms with Gasteiger partial charge in [0.2, 0.25) is 0 Å². The summed E-state index contributed by atoms with van der Waals surface area (Å²) in [4.78, 5) is 28.2. The van der Waals surface area contributed by atoms with E-state index < -0.39 is 15.6 Å². The summed E-state index contributed by atoms with van der Waals surface area (Å²) < 4.78 is 32.2. The number of benzene rings is 2. The second-order valence-electron chi connectivity index (χ2n) is 9.35. The topological polar surface area (TPSA) is 93.4 Å². The molecule has 0 radical (unpaired) electrons. The Kier molecular flexibility index (Phi) is 6.89. The molecule has 2 heterocycles. The summed E-state index contributed by atoms with van der Waals surface area (Å²) >= 11 is 0. The van der Waals surface area contributed by atoms with E-state index in [1.165, 1.54) is 16.8 Å². The molecule has 4 rings (SSSR count). The van der Waals surface area contributed by atoms with Crippen molar-refractivity contribution in [2.24, 2.45) is 13.0 Å². The third-order valence-corrected chi connectivity index (χ3v) is 8.19. The minimum atomic E-state index is -4.11. The molecule has 8 nitrogen and oxygen atoms in total. The average Bonchev–Trinajstić information content (AvgIpc) is 2.98. The standard InChI is InChI=1S/C26H32N4O4S/c1-18-9-8-15-29(16-14-18)25(31)23-17-22(13-12-19(23)2)35(33,34)27-24-20(3)28(4)30(26(24)32)21-10-6-5-7-11-21/h5-7,10-13,17-18,27H,8-9,14-16H2,1-4H3. The molecular formula is C26H32N4O4S. The number of aromatic nitrogens is 2. The number of likely N-dealkylation sites (tertiary alicyclic amines) is 1. The maximum absolute atomic E-state index is 13.3. The minimum absolute atomic E-state index is 0.0219. The maximum Gasteiger partial charge on any atom is 0.296 e. The van der Waals surface area contributed by atoms with Gasteiger partial charge in [0.05, 0.1) is 16.3 Å². The van der Waals surface area contributed by atoms with Crippen LogP contribution in [0.3, 0.4) is 0 Å². The Bertz CT molecular complexity index is 1410. The van der Waals surface area contributed by atoms with Crippen LogP contribution in [0.5, 0.6) is 0 Å². The number of rotatable bonds is 5. The summed E-state index contributed by atoms with van der Waals surface area (Å²) in [5.41, 5.74) is 1.70. The van der Waals surface area contributed by atoms with Crippen molar-refractivity contribution in [1.29, 1.82) is 0 Å². The Labute approximate surface area is 206 Å². The Morgan fingerprint density at radius 1 is 1.03 bits per heavy atom. The summed E-state index contributed by atoms with van der Waals surface area (Å²) in [6.45, 7) is 7.01. The van der Waals surface area contributed by atoms with E-state index >= 15 is 0 Å². The average molecular weight is 497 g/mol. The number of aryl methyl sites for hydroxylation is 1. The van der Waals surface area contributed by atoms with Crippen LogP contribution in [-0.4, -0.2) is 41.7 Å². The van der Waals surface area contributed by atoms with Crippen molar-refractivity contribution >= 4 is 21.6 Å². The van der Waals surface area contributed by atoms with Gasteiger partial charge < -0.3 is 4.90 Å². The van der Waals surface area contributed by atoms with Crippen molar-refractivity contribution in [3.05, 3.63) is 75.7 Å². The highest BCUT2D eigenvalue weighted by molar-refractivity contribution is 7.92. The van der Waals surface area contributed by atoms with Crippen molar-refractivity contribution in [2.75, 3.05) is 17.8 Å². The third kappa shape index (κ3) is 4.91. The van der Waals surface area contributed by atoms with E-state index in [4.69, 9.17) is 0 Å². The van der Waals surface area contributed by atoms with Crippen LogP contribution in [0.25, 0.3) is 5.69 Å². The molecule has 2 aromatic carbocycles. The molecule has 1 saturated heterocycles. The van der Waals surface area contributed by atoms with Crippen LogP contribution in [0.1, 0.15) is 47.8 Å². The van der Waals surface area contributed by atoms with E-state index in [0.717, 1.165) is 19.3 Å². The highest BCUT2D eigenvalue weighted by atomic mass is 32.2. The van der Waals surface area contributed by atoms with Gasteiger partial charge in [0.15, 0.2) is 0 Å². The lowest BCUT2D eigenvalue weighted by molar-refractivity contribution is 0.0759. The van der Waals surface area contributed by atoms with E-state index in [1.54, 1.807) is 43.8 Å². The van der Waals surface area contributed by atoms with Crippen LogP contribution in [0, 0.1) is 19.8 Å². The first-order valence-electron chi connectivity index (χ1n) is 11.9. The highest BCUT2D eigenvalue weighted by Gasteiger charge is 2.26. The molecule has 1 aliphatic rings. The van der Waals surface area contributed by atoms with E-state index in [9.17, 15) is 18.0 Å². The number of amides is 1. The summed E-state index contributed by atoms with van der Waals surface area (Å²) in [5, 5.41) is 0. The van der Waals surface area contributed by atoms with Crippen molar-refractivity contribution in [2.45, 2.75) is 44.9 Å². The number of hydrogen-bond donors (Lipinski definition) is 1. The molecule has 1 unspecified atom stereocenters. The van der Waals surface area contributed by atoms with Gasteiger partial charge in [-0.1, -0.05) is 31.2 Å². The molecular weight excluding hydrogens is 464 g/mol.